The highest BCUT2D eigenvalue weighted by molar-refractivity contribution is 9.10. The van der Waals surface area contributed by atoms with E-state index >= 15 is 0 Å². The summed E-state index contributed by atoms with van der Waals surface area (Å²) >= 11 is 3.66. The summed E-state index contributed by atoms with van der Waals surface area (Å²) in [7, 11) is 0. The maximum atomic E-state index is 9.12. The van der Waals surface area contributed by atoms with Crippen LogP contribution in [0.4, 0.5) is 5.69 Å². The standard InChI is InChI=1S/C19H29BrN2O/c1-3-8-19(2)14-22(18-5-4-15(20)13-17(18)19)16-6-9-21(10-7-16)11-12-23/h4-5,13,16,23H,3,6-12,14H2,1-2H3. The normalized spacial score (nSPS) is 25.8. The first-order chi connectivity index (χ1) is 11.1. The van der Waals surface area contributed by atoms with E-state index in [2.05, 4.69) is 57.8 Å². The molecule has 1 unspecified atom stereocenters. The molecule has 128 valence electrons. The van der Waals surface area contributed by atoms with Gasteiger partial charge in [0.1, 0.15) is 0 Å². The van der Waals surface area contributed by atoms with E-state index in [9.17, 15) is 0 Å². The topological polar surface area (TPSA) is 26.7 Å². The summed E-state index contributed by atoms with van der Waals surface area (Å²) in [4.78, 5) is 5.06. The van der Waals surface area contributed by atoms with Crippen molar-refractivity contribution in [3.63, 3.8) is 0 Å². The highest BCUT2D eigenvalue weighted by Gasteiger charge is 2.41. The third kappa shape index (κ3) is 3.45. The first kappa shape index (κ1) is 17.2. The molecule has 1 saturated heterocycles. The minimum Gasteiger partial charge on any atom is -0.395 e. The van der Waals surface area contributed by atoms with Gasteiger partial charge in [-0.3, -0.25) is 0 Å². The summed E-state index contributed by atoms with van der Waals surface area (Å²) in [5.41, 5.74) is 3.24. The zero-order chi connectivity index (χ0) is 16.4. The van der Waals surface area contributed by atoms with E-state index in [1.807, 2.05) is 0 Å². The summed E-state index contributed by atoms with van der Waals surface area (Å²) in [6.45, 7) is 9.19. The zero-order valence-electron chi connectivity index (χ0n) is 14.4. The molecule has 0 bridgehead atoms. The number of benzene rings is 1. The van der Waals surface area contributed by atoms with Gasteiger partial charge < -0.3 is 14.9 Å². The lowest BCUT2D eigenvalue weighted by Crippen LogP contribution is -2.46. The first-order valence-electron chi connectivity index (χ1n) is 8.97. The number of nitrogens with zero attached hydrogens (tertiary/aromatic N) is 2. The van der Waals surface area contributed by atoms with Gasteiger partial charge in [-0.2, -0.15) is 0 Å². The lowest BCUT2D eigenvalue weighted by atomic mass is 9.80. The quantitative estimate of drug-likeness (QED) is 0.841. The van der Waals surface area contributed by atoms with Crippen LogP contribution in [0.5, 0.6) is 0 Å². The average molecular weight is 381 g/mol. The van der Waals surface area contributed by atoms with Crippen molar-refractivity contribution in [3.05, 3.63) is 28.2 Å². The van der Waals surface area contributed by atoms with Crippen LogP contribution in [0.25, 0.3) is 0 Å². The molecule has 2 aliphatic heterocycles. The van der Waals surface area contributed by atoms with Gasteiger partial charge in [-0.05, 0) is 43.0 Å². The Bertz CT molecular complexity index is 542. The Hall–Kier alpha value is -0.580. The number of hydrogen-bond acceptors (Lipinski definition) is 3. The lowest BCUT2D eigenvalue weighted by molar-refractivity contribution is 0.162. The molecule has 1 N–H and O–H groups in total. The van der Waals surface area contributed by atoms with Crippen molar-refractivity contribution >= 4 is 21.6 Å². The predicted molar refractivity (Wildman–Crippen MR) is 100 cm³/mol. The highest BCUT2D eigenvalue weighted by Crippen LogP contribution is 2.46. The molecule has 1 aromatic rings. The van der Waals surface area contributed by atoms with Gasteiger partial charge in [0.2, 0.25) is 0 Å². The third-order valence-electron chi connectivity index (χ3n) is 5.65. The minimum absolute atomic E-state index is 0.274. The van der Waals surface area contributed by atoms with Crippen LogP contribution in [0, 0.1) is 0 Å². The molecule has 0 aromatic heterocycles. The molecule has 4 heteroatoms. The first-order valence-corrected chi connectivity index (χ1v) is 9.76. The van der Waals surface area contributed by atoms with E-state index in [0.29, 0.717) is 6.04 Å². The second-order valence-corrected chi connectivity index (χ2v) is 8.31. The zero-order valence-corrected chi connectivity index (χ0v) is 16.0. The second-order valence-electron chi connectivity index (χ2n) is 7.40. The molecular formula is C19H29BrN2O. The Morgan fingerprint density at radius 2 is 2.04 bits per heavy atom. The molecule has 0 aliphatic carbocycles. The van der Waals surface area contributed by atoms with Crippen LogP contribution in [0.3, 0.4) is 0 Å². The number of rotatable bonds is 5. The van der Waals surface area contributed by atoms with Crippen LogP contribution in [0.2, 0.25) is 0 Å². The van der Waals surface area contributed by atoms with Crippen molar-refractivity contribution in [3.8, 4) is 0 Å². The molecular weight excluding hydrogens is 352 g/mol. The fourth-order valence-corrected chi connectivity index (χ4v) is 4.84. The number of aliphatic hydroxyl groups is 1. The molecule has 0 amide bonds. The number of halogens is 1. The van der Waals surface area contributed by atoms with Gasteiger partial charge in [-0.25, -0.2) is 0 Å². The number of hydrogen-bond donors (Lipinski definition) is 1. The Labute approximate surface area is 148 Å². The number of aliphatic hydroxyl groups excluding tert-OH is 1. The van der Waals surface area contributed by atoms with Crippen LogP contribution < -0.4 is 4.90 Å². The molecule has 0 saturated carbocycles. The Kier molecular flexibility index (Phi) is 5.34. The van der Waals surface area contributed by atoms with E-state index in [4.69, 9.17) is 5.11 Å². The number of piperidine rings is 1. The summed E-state index contributed by atoms with van der Waals surface area (Å²) in [5.74, 6) is 0. The molecule has 2 aliphatic rings. The van der Waals surface area contributed by atoms with Crippen LogP contribution in [0.15, 0.2) is 22.7 Å². The van der Waals surface area contributed by atoms with E-state index < -0.39 is 0 Å². The number of anilines is 1. The third-order valence-corrected chi connectivity index (χ3v) is 6.15. The highest BCUT2D eigenvalue weighted by atomic mass is 79.9. The Balaban J connectivity index is 1.80. The van der Waals surface area contributed by atoms with Crippen molar-refractivity contribution in [1.82, 2.24) is 4.90 Å². The Morgan fingerprint density at radius 1 is 1.30 bits per heavy atom. The SMILES string of the molecule is CCCC1(C)CN(C2CCN(CCO)CC2)c2ccc(Br)cc21. The van der Waals surface area contributed by atoms with Gasteiger partial charge in [0.05, 0.1) is 6.61 Å². The van der Waals surface area contributed by atoms with E-state index in [1.54, 1.807) is 0 Å². The maximum absolute atomic E-state index is 9.12. The molecule has 1 aromatic carbocycles. The Morgan fingerprint density at radius 3 is 2.70 bits per heavy atom. The molecule has 1 fully saturated rings. The molecule has 23 heavy (non-hydrogen) atoms. The van der Waals surface area contributed by atoms with Crippen LogP contribution in [-0.2, 0) is 5.41 Å². The van der Waals surface area contributed by atoms with Crippen LogP contribution >= 0.6 is 15.9 Å². The molecule has 1 atom stereocenters. The van der Waals surface area contributed by atoms with E-state index in [0.717, 1.165) is 26.2 Å². The summed E-state index contributed by atoms with van der Waals surface area (Å²) in [5, 5.41) is 9.12. The number of β-amino-alcohol motifs (C(OH)–C–C–N with tert-alkyl or cyclic N) is 1. The molecule has 0 spiro atoms. The minimum atomic E-state index is 0.274. The van der Waals surface area contributed by atoms with Gasteiger partial charge >= 0.3 is 0 Å². The van der Waals surface area contributed by atoms with Gasteiger partial charge in [0.15, 0.2) is 0 Å². The molecule has 3 rings (SSSR count). The number of fused-ring (bicyclic) bond motifs is 1. The van der Waals surface area contributed by atoms with Crippen LogP contribution in [0.1, 0.15) is 45.1 Å². The second kappa shape index (κ2) is 7.12. The largest absolute Gasteiger partial charge is 0.395 e. The van der Waals surface area contributed by atoms with Gasteiger partial charge in [-0.1, -0.05) is 36.2 Å². The van der Waals surface area contributed by atoms with Gasteiger partial charge in [0, 0.05) is 47.8 Å². The molecule has 2 heterocycles. The van der Waals surface area contributed by atoms with Crippen molar-refractivity contribution in [2.24, 2.45) is 0 Å². The van der Waals surface area contributed by atoms with Crippen molar-refractivity contribution in [2.45, 2.75) is 51.0 Å². The van der Waals surface area contributed by atoms with E-state index in [1.165, 1.54) is 41.4 Å². The van der Waals surface area contributed by atoms with Gasteiger partial charge in [-0.15, -0.1) is 0 Å². The van der Waals surface area contributed by atoms with Crippen molar-refractivity contribution in [1.29, 1.82) is 0 Å². The van der Waals surface area contributed by atoms with Crippen molar-refractivity contribution in [2.75, 3.05) is 37.7 Å². The van der Waals surface area contributed by atoms with E-state index in [-0.39, 0.29) is 12.0 Å². The fourth-order valence-electron chi connectivity index (χ4n) is 4.48. The lowest BCUT2D eigenvalue weighted by Gasteiger charge is -2.38. The number of likely N-dealkylation sites (tertiary alicyclic amines) is 1. The van der Waals surface area contributed by atoms with Crippen molar-refractivity contribution < 1.29 is 5.11 Å². The monoisotopic (exact) mass is 380 g/mol. The average Bonchev–Trinajstić information content (AvgIpc) is 2.82. The fraction of sp³-hybridized carbons (Fsp3) is 0.684. The maximum Gasteiger partial charge on any atom is 0.0558 e. The summed E-state index contributed by atoms with van der Waals surface area (Å²) < 4.78 is 1.19. The van der Waals surface area contributed by atoms with Crippen LogP contribution in [-0.4, -0.2) is 48.8 Å². The van der Waals surface area contributed by atoms with Gasteiger partial charge in [0.25, 0.3) is 0 Å². The predicted octanol–water partition coefficient (Wildman–Crippen LogP) is 3.78. The summed E-state index contributed by atoms with van der Waals surface area (Å²) in [6, 6.07) is 7.47. The molecule has 3 nitrogen and oxygen atoms in total. The summed E-state index contributed by atoms with van der Waals surface area (Å²) in [6.07, 6.45) is 4.89. The molecule has 0 radical (unpaired) electrons. The smallest absolute Gasteiger partial charge is 0.0558 e.